The molecule has 0 unspecified atom stereocenters. The van der Waals surface area contributed by atoms with Crippen molar-refractivity contribution in [2.24, 2.45) is 5.92 Å². The van der Waals surface area contributed by atoms with Crippen LogP contribution in [0.3, 0.4) is 0 Å². The number of hydrogen-bond donors (Lipinski definition) is 1. The summed E-state index contributed by atoms with van der Waals surface area (Å²) in [5, 5.41) is 2.92. The third kappa shape index (κ3) is 6.50. The van der Waals surface area contributed by atoms with Crippen LogP contribution >= 0.6 is 0 Å². The van der Waals surface area contributed by atoms with Crippen molar-refractivity contribution in [3.05, 3.63) is 95.6 Å². The largest absolute Gasteiger partial charge is 0.488 e. The van der Waals surface area contributed by atoms with Crippen molar-refractivity contribution in [1.82, 2.24) is 4.90 Å². The second-order valence-corrected chi connectivity index (χ2v) is 8.80. The molecule has 0 atom stereocenters. The number of anilines is 1. The van der Waals surface area contributed by atoms with Crippen LogP contribution in [-0.4, -0.2) is 42.4 Å². The Kier molecular flexibility index (Phi) is 8.34. The molecule has 0 radical (unpaired) electrons. The number of carbonyl (C=O) groups excluding carboxylic acids is 3. The van der Waals surface area contributed by atoms with E-state index >= 15 is 0 Å². The average molecular weight is 487 g/mol. The van der Waals surface area contributed by atoms with E-state index in [9.17, 15) is 14.4 Å². The van der Waals surface area contributed by atoms with Crippen molar-refractivity contribution in [2.45, 2.75) is 26.4 Å². The van der Waals surface area contributed by atoms with E-state index < -0.39 is 5.97 Å². The van der Waals surface area contributed by atoms with Gasteiger partial charge in [0.1, 0.15) is 17.9 Å². The highest BCUT2D eigenvalue weighted by Gasteiger charge is 2.28. The second kappa shape index (κ2) is 12.0. The van der Waals surface area contributed by atoms with Crippen molar-refractivity contribution >= 4 is 23.5 Å². The van der Waals surface area contributed by atoms with Crippen LogP contribution in [-0.2, 0) is 20.9 Å². The second-order valence-electron chi connectivity index (χ2n) is 8.80. The Morgan fingerprint density at radius 1 is 0.889 bits per heavy atom. The summed E-state index contributed by atoms with van der Waals surface area (Å²) in [6.07, 6.45) is 1.13. The monoisotopic (exact) mass is 486 g/mol. The van der Waals surface area contributed by atoms with Crippen molar-refractivity contribution in [2.75, 3.05) is 25.0 Å². The van der Waals surface area contributed by atoms with Gasteiger partial charge in [-0.25, -0.2) is 4.79 Å². The lowest BCUT2D eigenvalue weighted by atomic mass is 9.95. The van der Waals surface area contributed by atoms with Gasteiger partial charge in [-0.3, -0.25) is 9.59 Å². The van der Waals surface area contributed by atoms with Gasteiger partial charge in [0.05, 0.1) is 0 Å². The molecule has 1 heterocycles. The van der Waals surface area contributed by atoms with E-state index in [1.54, 1.807) is 29.2 Å². The first-order valence-corrected chi connectivity index (χ1v) is 12.1. The van der Waals surface area contributed by atoms with Gasteiger partial charge >= 0.3 is 5.97 Å². The Morgan fingerprint density at radius 2 is 1.56 bits per heavy atom. The molecule has 0 saturated carbocycles. The van der Waals surface area contributed by atoms with Gasteiger partial charge in [-0.05, 0) is 55.2 Å². The number of piperidine rings is 1. The molecule has 0 bridgehead atoms. The molecule has 3 aromatic rings. The minimum atomic E-state index is -0.610. The zero-order chi connectivity index (χ0) is 25.3. The maximum Gasteiger partial charge on any atom is 0.342 e. The van der Waals surface area contributed by atoms with Crippen LogP contribution in [0.15, 0.2) is 78.9 Å². The number of nitrogens with one attached hydrogen (secondary N) is 1. The standard InChI is InChI=1S/C29H30N2O5/c1-21-9-5-6-10-23(21)19-35-26-14-8-7-13-25(26)29(34)36-20-27(32)31-17-15-22(16-18-31)28(33)30-24-11-3-2-4-12-24/h2-14,22H,15-20H2,1H3,(H,30,33). The summed E-state index contributed by atoms with van der Waals surface area (Å²) in [5.74, 6) is -0.677. The highest BCUT2D eigenvalue weighted by Crippen LogP contribution is 2.22. The summed E-state index contributed by atoms with van der Waals surface area (Å²) in [4.78, 5) is 39.5. The lowest BCUT2D eigenvalue weighted by Gasteiger charge is -2.31. The number of likely N-dealkylation sites (tertiary alicyclic amines) is 1. The van der Waals surface area contributed by atoms with Crippen LogP contribution < -0.4 is 10.1 Å². The third-order valence-corrected chi connectivity index (χ3v) is 6.34. The predicted octanol–water partition coefficient (Wildman–Crippen LogP) is 4.61. The van der Waals surface area contributed by atoms with Crippen molar-refractivity contribution in [3.8, 4) is 5.75 Å². The Labute approximate surface area is 211 Å². The Morgan fingerprint density at radius 3 is 2.31 bits per heavy atom. The Balaban J connectivity index is 1.25. The number of nitrogens with zero attached hydrogens (tertiary/aromatic N) is 1. The molecule has 0 aliphatic carbocycles. The van der Waals surface area contributed by atoms with Crippen LogP contribution in [0.1, 0.15) is 34.3 Å². The molecule has 186 valence electrons. The number of ether oxygens (including phenoxy) is 2. The van der Waals surface area contributed by atoms with E-state index in [4.69, 9.17) is 9.47 Å². The number of benzene rings is 3. The van der Waals surface area contributed by atoms with Gasteiger partial charge in [0.15, 0.2) is 6.61 Å². The van der Waals surface area contributed by atoms with Crippen molar-refractivity contribution in [1.29, 1.82) is 0 Å². The summed E-state index contributed by atoms with van der Waals surface area (Å²) in [6, 6.07) is 24.0. The SMILES string of the molecule is Cc1ccccc1COc1ccccc1C(=O)OCC(=O)N1CCC(C(=O)Nc2ccccc2)CC1. The molecule has 7 heteroatoms. The normalized spacial score (nSPS) is 13.6. The van der Waals surface area contributed by atoms with Crippen molar-refractivity contribution < 1.29 is 23.9 Å². The lowest BCUT2D eigenvalue weighted by molar-refractivity contribution is -0.137. The molecule has 36 heavy (non-hydrogen) atoms. The van der Waals surface area contributed by atoms with Gasteiger partial charge in [0, 0.05) is 24.7 Å². The van der Waals surface area contributed by atoms with Gasteiger partial charge in [-0.2, -0.15) is 0 Å². The van der Waals surface area contributed by atoms with Gasteiger partial charge in [-0.15, -0.1) is 0 Å². The molecular formula is C29H30N2O5. The summed E-state index contributed by atoms with van der Waals surface area (Å²) in [5.41, 5.74) is 3.16. The van der Waals surface area contributed by atoms with Crippen LogP contribution in [0, 0.1) is 12.8 Å². The average Bonchev–Trinajstić information content (AvgIpc) is 2.92. The van der Waals surface area contributed by atoms with Crippen LogP contribution in [0.4, 0.5) is 5.69 Å². The van der Waals surface area contributed by atoms with E-state index in [1.165, 1.54) is 0 Å². The molecule has 4 rings (SSSR count). The Hall–Kier alpha value is -4.13. The lowest BCUT2D eigenvalue weighted by Crippen LogP contribution is -2.43. The first-order valence-electron chi connectivity index (χ1n) is 12.1. The smallest absolute Gasteiger partial charge is 0.342 e. The molecular weight excluding hydrogens is 456 g/mol. The van der Waals surface area contributed by atoms with E-state index in [2.05, 4.69) is 5.32 Å². The fourth-order valence-electron chi connectivity index (χ4n) is 4.14. The Bertz CT molecular complexity index is 1200. The maximum absolute atomic E-state index is 12.7. The number of hydrogen-bond acceptors (Lipinski definition) is 5. The quantitative estimate of drug-likeness (QED) is 0.470. The fraction of sp³-hybridized carbons (Fsp3) is 0.276. The molecule has 2 amide bonds. The highest BCUT2D eigenvalue weighted by molar-refractivity contribution is 5.94. The zero-order valence-electron chi connectivity index (χ0n) is 20.3. The molecule has 1 aliphatic heterocycles. The number of amides is 2. The van der Waals surface area contributed by atoms with Crippen LogP contribution in [0.2, 0.25) is 0 Å². The first kappa shape index (κ1) is 25.0. The first-order chi connectivity index (χ1) is 17.5. The number of esters is 1. The summed E-state index contributed by atoms with van der Waals surface area (Å²) >= 11 is 0. The molecule has 0 aromatic heterocycles. The van der Waals surface area contributed by atoms with Gasteiger partial charge in [0.25, 0.3) is 5.91 Å². The molecule has 1 saturated heterocycles. The minimum Gasteiger partial charge on any atom is -0.488 e. The maximum atomic E-state index is 12.7. The van der Waals surface area contributed by atoms with Gasteiger partial charge < -0.3 is 19.7 Å². The highest BCUT2D eigenvalue weighted by atomic mass is 16.5. The van der Waals surface area contributed by atoms with Gasteiger partial charge in [-0.1, -0.05) is 54.6 Å². The van der Waals surface area contributed by atoms with Crippen LogP contribution in [0.25, 0.3) is 0 Å². The van der Waals surface area contributed by atoms with E-state index in [1.807, 2.05) is 61.5 Å². The number of para-hydroxylation sites is 2. The zero-order valence-corrected chi connectivity index (χ0v) is 20.3. The van der Waals surface area contributed by atoms with Crippen LogP contribution in [0.5, 0.6) is 5.75 Å². The molecule has 3 aromatic carbocycles. The summed E-state index contributed by atoms with van der Waals surface area (Å²) < 4.78 is 11.2. The predicted molar refractivity (Wildman–Crippen MR) is 137 cm³/mol. The summed E-state index contributed by atoms with van der Waals surface area (Å²) in [6.45, 7) is 2.86. The summed E-state index contributed by atoms with van der Waals surface area (Å²) in [7, 11) is 0. The minimum absolute atomic E-state index is 0.0398. The van der Waals surface area contributed by atoms with Gasteiger partial charge in [0.2, 0.25) is 5.91 Å². The molecule has 7 nitrogen and oxygen atoms in total. The number of aryl methyl sites for hydroxylation is 1. The fourth-order valence-corrected chi connectivity index (χ4v) is 4.14. The number of carbonyl (C=O) groups is 3. The molecule has 1 fully saturated rings. The third-order valence-electron chi connectivity index (χ3n) is 6.34. The molecule has 1 aliphatic rings. The number of rotatable bonds is 8. The van der Waals surface area contributed by atoms with E-state index in [0.717, 1.165) is 16.8 Å². The topological polar surface area (TPSA) is 84.9 Å². The van der Waals surface area contributed by atoms with Crippen molar-refractivity contribution in [3.63, 3.8) is 0 Å². The van der Waals surface area contributed by atoms with E-state index in [0.29, 0.717) is 38.3 Å². The van der Waals surface area contributed by atoms with E-state index in [-0.39, 0.29) is 29.9 Å². The molecule has 1 N–H and O–H groups in total. The molecule has 0 spiro atoms.